The summed E-state index contributed by atoms with van der Waals surface area (Å²) in [5, 5.41) is 2.72. The van der Waals surface area contributed by atoms with Gasteiger partial charge in [0.05, 0.1) is 11.7 Å². The molecular weight excluding hydrogens is 258 g/mol. The van der Waals surface area contributed by atoms with Crippen LogP contribution in [0.1, 0.15) is 13.3 Å². The van der Waals surface area contributed by atoms with Crippen LogP contribution in [0.2, 0.25) is 0 Å². The summed E-state index contributed by atoms with van der Waals surface area (Å²) in [6.07, 6.45) is 2.34. The van der Waals surface area contributed by atoms with Gasteiger partial charge >= 0.3 is 0 Å². The number of carbonyl (C=O) groups is 1. The number of H-pyrrole nitrogens is 1. The van der Waals surface area contributed by atoms with E-state index < -0.39 is 5.41 Å². The van der Waals surface area contributed by atoms with Crippen molar-refractivity contribution >= 4 is 28.8 Å². The standard InChI is InChI=1S/C12H17N7O/c1-12(10(20)14-2)3-4-19(5-12)9-7-8(16-6-15-7)17-11(13)18-9/h6H,3-5H2,1-2H3,(H,14,20)(H3,13,15,16,17,18). The highest BCUT2D eigenvalue weighted by atomic mass is 16.2. The van der Waals surface area contributed by atoms with Crippen molar-refractivity contribution in [3.63, 3.8) is 0 Å². The number of carbonyl (C=O) groups excluding carboxylic acids is 1. The van der Waals surface area contributed by atoms with E-state index in [-0.39, 0.29) is 11.9 Å². The summed E-state index contributed by atoms with van der Waals surface area (Å²) in [7, 11) is 1.66. The number of hydrogen-bond donors (Lipinski definition) is 3. The Morgan fingerprint density at radius 2 is 2.35 bits per heavy atom. The number of imidazole rings is 1. The Morgan fingerprint density at radius 1 is 1.55 bits per heavy atom. The minimum atomic E-state index is -0.416. The van der Waals surface area contributed by atoms with Gasteiger partial charge in [-0.05, 0) is 13.3 Å². The van der Waals surface area contributed by atoms with Gasteiger partial charge in [-0.3, -0.25) is 4.79 Å². The molecule has 2 aromatic rings. The first-order valence-corrected chi connectivity index (χ1v) is 6.47. The normalized spacial score (nSPS) is 22.4. The van der Waals surface area contributed by atoms with Gasteiger partial charge < -0.3 is 20.9 Å². The number of amides is 1. The summed E-state index contributed by atoms with van der Waals surface area (Å²) in [5.74, 6) is 0.939. The molecule has 1 atom stereocenters. The van der Waals surface area contributed by atoms with Crippen LogP contribution in [0.15, 0.2) is 6.33 Å². The molecule has 1 amide bonds. The number of aromatic amines is 1. The number of nitrogen functional groups attached to an aromatic ring is 1. The molecule has 0 radical (unpaired) electrons. The van der Waals surface area contributed by atoms with E-state index in [0.717, 1.165) is 18.5 Å². The molecule has 0 bridgehead atoms. The van der Waals surface area contributed by atoms with Crippen LogP contribution in [0.4, 0.5) is 11.8 Å². The lowest BCUT2D eigenvalue weighted by molar-refractivity contribution is -0.128. The maximum Gasteiger partial charge on any atom is 0.227 e. The van der Waals surface area contributed by atoms with Crippen molar-refractivity contribution in [3.8, 4) is 0 Å². The van der Waals surface area contributed by atoms with Crippen LogP contribution in [0, 0.1) is 5.41 Å². The molecule has 0 aliphatic carbocycles. The third-order valence-electron chi connectivity index (χ3n) is 3.83. The van der Waals surface area contributed by atoms with Crippen LogP contribution in [0.5, 0.6) is 0 Å². The number of nitrogens with two attached hydrogens (primary N) is 1. The Bertz CT molecular complexity index is 667. The molecule has 3 rings (SSSR count). The van der Waals surface area contributed by atoms with Gasteiger partial charge in [-0.1, -0.05) is 0 Å². The highest BCUT2D eigenvalue weighted by Crippen LogP contribution is 2.34. The fourth-order valence-electron chi connectivity index (χ4n) is 2.69. The third kappa shape index (κ3) is 1.84. The molecule has 106 valence electrons. The first kappa shape index (κ1) is 12.6. The van der Waals surface area contributed by atoms with Crippen molar-refractivity contribution in [2.24, 2.45) is 5.41 Å². The monoisotopic (exact) mass is 275 g/mol. The highest BCUT2D eigenvalue weighted by Gasteiger charge is 2.40. The number of aromatic nitrogens is 4. The average Bonchev–Trinajstić information content (AvgIpc) is 3.04. The van der Waals surface area contributed by atoms with Crippen molar-refractivity contribution < 1.29 is 4.79 Å². The van der Waals surface area contributed by atoms with Gasteiger partial charge in [0.15, 0.2) is 11.5 Å². The van der Waals surface area contributed by atoms with Gasteiger partial charge in [-0.25, -0.2) is 4.98 Å². The fraction of sp³-hybridized carbons (Fsp3) is 0.500. The molecule has 4 N–H and O–H groups in total. The molecule has 0 spiro atoms. The lowest BCUT2D eigenvalue weighted by Gasteiger charge is -2.23. The number of anilines is 2. The Morgan fingerprint density at radius 3 is 3.10 bits per heavy atom. The van der Waals surface area contributed by atoms with Crippen molar-refractivity contribution in [3.05, 3.63) is 6.33 Å². The zero-order valence-corrected chi connectivity index (χ0v) is 11.5. The second-order valence-corrected chi connectivity index (χ2v) is 5.32. The van der Waals surface area contributed by atoms with Crippen molar-refractivity contribution in [1.29, 1.82) is 0 Å². The molecule has 1 unspecified atom stereocenters. The smallest absolute Gasteiger partial charge is 0.227 e. The average molecular weight is 275 g/mol. The molecule has 3 heterocycles. The zero-order chi connectivity index (χ0) is 14.3. The molecule has 1 aliphatic rings. The number of nitrogens with zero attached hydrogens (tertiary/aromatic N) is 4. The third-order valence-corrected chi connectivity index (χ3v) is 3.83. The van der Waals surface area contributed by atoms with Crippen LogP contribution >= 0.6 is 0 Å². The largest absolute Gasteiger partial charge is 0.368 e. The molecule has 20 heavy (non-hydrogen) atoms. The molecule has 2 aromatic heterocycles. The van der Waals surface area contributed by atoms with E-state index in [9.17, 15) is 4.79 Å². The number of fused-ring (bicyclic) bond motifs is 1. The Hall–Kier alpha value is -2.38. The molecule has 8 heteroatoms. The lowest BCUT2D eigenvalue weighted by atomic mass is 9.89. The zero-order valence-electron chi connectivity index (χ0n) is 11.5. The lowest BCUT2D eigenvalue weighted by Crippen LogP contribution is -2.39. The van der Waals surface area contributed by atoms with Crippen LogP contribution in [0.25, 0.3) is 11.2 Å². The van der Waals surface area contributed by atoms with Gasteiger partial charge in [0.25, 0.3) is 0 Å². The van der Waals surface area contributed by atoms with Gasteiger partial charge in [0.2, 0.25) is 11.9 Å². The van der Waals surface area contributed by atoms with Gasteiger partial charge in [0, 0.05) is 20.1 Å². The van der Waals surface area contributed by atoms with Crippen molar-refractivity contribution in [1.82, 2.24) is 25.3 Å². The maximum atomic E-state index is 12.0. The Balaban J connectivity index is 1.97. The number of rotatable bonds is 2. The molecular formula is C12H17N7O. The fourth-order valence-corrected chi connectivity index (χ4v) is 2.69. The van der Waals surface area contributed by atoms with Crippen LogP contribution < -0.4 is 16.0 Å². The second kappa shape index (κ2) is 4.32. The van der Waals surface area contributed by atoms with Crippen molar-refractivity contribution in [2.75, 3.05) is 30.8 Å². The van der Waals surface area contributed by atoms with E-state index in [2.05, 4.69) is 25.3 Å². The molecule has 0 saturated carbocycles. The minimum Gasteiger partial charge on any atom is -0.368 e. The molecule has 8 nitrogen and oxygen atoms in total. The van der Waals surface area contributed by atoms with E-state index in [4.69, 9.17) is 5.73 Å². The number of hydrogen-bond acceptors (Lipinski definition) is 6. The van der Waals surface area contributed by atoms with E-state index in [0.29, 0.717) is 18.0 Å². The van der Waals surface area contributed by atoms with Crippen molar-refractivity contribution in [2.45, 2.75) is 13.3 Å². The summed E-state index contributed by atoms with van der Waals surface area (Å²) in [6.45, 7) is 3.30. The Kier molecular flexibility index (Phi) is 2.73. The minimum absolute atomic E-state index is 0.0443. The molecule has 0 aromatic carbocycles. The van der Waals surface area contributed by atoms with Crippen LogP contribution in [0.3, 0.4) is 0 Å². The summed E-state index contributed by atoms with van der Waals surface area (Å²) in [6, 6.07) is 0. The quantitative estimate of drug-likeness (QED) is 0.705. The SMILES string of the molecule is CNC(=O)C1(C)CCN(c2nc(N)nc3nc[nH]c23)C1. The summed E-state index contributed by atoms with van der Waals surface area (Å²) < 4.78 is 0. The first-order chi connectivity index (χ1) is 9.53. The predicted molar refractivity (Wildman–Crippen MR) is 75.1 cm³/mol. The van der Waals surface area contributed by atoms with Crippen LogP contribution in [-0.2, 0) is 4.79 Å². The maximum absolute atomic E-state index is 12.0. The van der Waals surface area contributed by atoms with E-state index in [1.165, 1.54) is 0 Å². The first-order valence-electron chi connectivity index (χ1n) is 6.47. The topological polar surface area (TPSA) is 113 Å². The molecule has 1 saturated heterocycles. The van der Waals surface area contributed by atoms with Gasteiger partial charge in [-0.2, -0.15) is 9.97 Å². The van der Waals surface area contributed by atoms with Crippen LogP contribution in [-0.4, -0.2) is 46.0 Å². The van der Waals surface area contributed by atoms with E-state index in [1.807, 2.05) is 11.8 Å². The summed E-state index contributed by atoms with van der Waals surface area (Å²) in [5.41, 5.74) is 6.60. The van der Waals surface area contributed by atoms with E-state index in [1.54, 1.807) is 13.4 Å². The summed E-state index contributed by atoms with van der Waals surface area (Å²) in [4.78, 5) is 29.5. The highest BCUT2D eigenvalue weighted by molar-refractivity contribution is 5.87. The second-order valence-electron chi connectivity index (χ2n) is 5.32. The summed E-state index contributed by atoms with van der Waals surface area (Å²) >= 11 is 0. The van der Waals surface area contributed by atoms with Gasteiger partial charge in [0.1, 0.15) is 5.52 Å². The predicted octanol–water partition coefficient (Wildman–Crippen LogP) is -0.102. The number of nitrogens with one attached hydrogen (secondary N) is 2. The Labute approximate surface area is 115 Å². The van der Waals surface area contributed by atoms with E-state index >= 15 is 0 Å². The molecule has 1 aliphatic heterocycles. The molecule has 1 fully saturated rings. The van der Waals surface area contributed by atoms with Gasteiger partial charge in [-0.15, -0.1) is 0 Å².